The van der Waals surface area contributed by atoms with Crippen LogP contribution in [0.5, 0.6) is 0 Å². The molecule has 1 amide bonds. The SMILES string of the molecule is C[C@@H](O)c1nc([C@H]2C[C@H](NC(=O)c3cc(-c4ccccc4)on3)C2)no1. The van der Waals surface area contributed by atoms with E-state index in [-0.39, 0.29) is 29.5 Å². The van der Waals surface area contributed by atoms with Crippen molar-refractivity contribution >= 4 is 5.91 Å². The molecule has 1 aliphatic rings. The fraction of sp³-hybridized carbons (Fsp3) is 0.333. The fourth-order valence-corrected chi connectivity index (χ4v) is 2.91. The zero-order chi connectivity index (χ0) is 18.1. The minimum absolute atomic E-state index is 0.0258. The van der Waals surface area contributed by atoms with Crippen molar-refractivity contribution < 1.29 is 18.9 Å². The highest BCUT2D eigenvalue weighted by molar-refractivity contribution is 5.93. The maximum absolute atomic E-state index is 12.3. The van der Waals surface area contributed by atoms with Gasteiger partial charge < -0.3 is 19.5 Å². The lowest BCUT2D eigenvalue weighted by atomic mass is 9.79. The molecule has 1 aliphatic carbocycles. The molecular formula is C18H18N4O4. The summed E-state index contributed by atoms with van der Waals surface area (Å²) >= 11 is 0. The zero-order valence-electron chi connectivity index (χ0n) is 14.1. The van der Waals surface area contributed by atoms with Crippen LogP contribution in [0, 0.1) is 0 Å². The minimum Gasteiger partial charge on any atom is -0.384 e. The lowest BCUT2D eigenvalue weighted by Gasteiger charge is -2.33. The first-order valence-electron chi connectivity index (χ1n) is 8.44. The number of rotatable bonds is 5. The number of aliphatic hydroxyl groups excluding tert-OH is 1. The van der Waals surface area contributed by atoms with Crippen molar-refractivity contribution in [1.82, 2.24) is 20.6 Å². The number of aromatic nitrogens is 3. The van der Waals surface area contributed by atoms with E-state index in [1.165, 1.54) is 0 Å². The second-order valence-corrected chi connectivity index (χ2v) is 6.45. The number of nitrogens with one attached hydrogen (secondary N) is 1. The number of hydrogen-bond donors (Lipinski definition) is 2. The third-order valence-corrected chi connectivity index (χ3v) is 4.45. The summed E-state index contributed by atoms with van der Waals surface area (Å²) in [6.07, 6.45) is 0.653. The number of carbonyl (C=O) groups excluding carboxylic acids is 1. The highest BCUT2D eigenvalue weighted by Gasteiger charge is 2.35. The van der Waals surface area contributed by atoms with Crippen molar-refractivity contribution in [2.75, 3.05) is 0 Å². The lowest BCUT2D eigenvalue weighted by Crippen LogP contribution is -2.43. The standard InChI is InChI=1S/C18H18N4O4/c1-10(23)18-20-16(22-26-18)12-7-13(8-12)19-17(24)14-9-15(25-21-14)11-5-3-2-4-6-11/h2-6,9-10,12-13,23H,7-8H2,1H3,(H,19,24)/t10-,12-,13-/m1/s1. The van der Waals surface area contributed by atoms with Gasteiger partial charge in [0.1, 0.15) is 6.10 Å². The molecule has 0 unspecified atom stereocenters. The van der Waals surface area contributed by atoms with Gasteiger partial charge in [-0.15, -0.1) is 0 Å². The van der Waals surface area contributed by atoms with Gasteiger partial charge in [0.2, 0.25) is 0 Å². The van der Waals surface area contributed by atoms with Gasteiger partial charge in [-0.1, -0.05) is 40.6 Å². The Balaban J connectivity index is 1.33. The maximum atomic E-state index is 12.3. The highest BCUT2D eigenvalue weighted by Crippen LogP contribution is 2.35. The van der Waals surface area contributed by atoms with Crippen LogP contribution < -0.4 is 5.32 Å². The zero-order valence-corrected chi connectivity index (χ0v) is 14.1. The summed E-state index contributed by atoms with van der Waals surface area (Å²) in [6.45, 7) is 1.57. The third kappa shape index (κ3) is 3.23. The van der Waals surface area contributed by atoms with Crippen molar-refractivity contribution in [2.24, 2.45) is 0 Å². The topological polar surface area (TPSA) is 114 Å². The maximum Gasteiger partial charge on any atom is 0.273 e. The molecule has 0 spiro atoms. The van der Waals surface area contributed by atoms with E-state index in [1.807, 2.05) is 30.3 Å². The van der Waals surface area contributed by atoms with E-state index in [4.69, 9.17) is 9.05 Å². The molecule has 1 aromatic carbocycles. The Bertz CT molecular complexity index is 897. The second kappa shape index (κ2) is 6.72. The van der Waals surface area contributed by atoms with Crippen LogP contribution in [0.25, 0.3) is 11.3 Å². The molecular weight excluding hydrogens is 336 g/mol. The molecule has 134 valence electrons. The van der Waals surface area contributed by atoms with E-state index in [0.29, 0.717) is 24.4 Å². The Labute approximate surface area is 149 Å². The molecule has 8 nitrogen and oxygen atoms in total. The average Bonchev–Trinajstić information content (AvgIpc) is 3.28. The average molecular weight is 354 g/mol. The normalized spacial score (nSPS) is 20.4. The second-order valence-electron chi connectivity index (χ2n) is 6.45. The van der Waals surface area contributed by atoms with Crippen molar-refractivity contribution in [1.29, 1.82) is 0 Å². The summed E-state index contributed by atoms with van der Waals surface area (Å²) in [7, 11) is 0. The van der Waals surface area contributed by atoms with E-state index in [2.05, 4.69) is 20.6 Å². The Morgan fingerprint density at radius 2 is 2.00 bits per heavy atom. The van der Waals surface area contributed by atoms with Crippen LogP contribution in [0.1, 0.15) is 54.0 Å². The molecule has 4 rings (SSSR count). The lowest BCUT2D eigenvalue weighted by molar-refractivity contribution is 0.0898. The van der Waals surface area contributed by atoms with Crippen molar-refractivity contribution in [3.8, 4) is 11.3 Å². The third-order valence-electron chi connectivity index (χ3n) is 4.45. The van der Waals surface area contributed by atoms with Gasteiger partial charge in [-0.3, -0.25) is 4.79 Å². The summed E-state index contributed by atoms with van der Waals surface area (Å²) in [5.41, 5.74) is 1.12. The molecule has 0 radical (unpaired) electrons. The summed E-state index contributed by atoms with van der Waals surface area (Å²) in [5.74, 6) is 1.19. The monoisotopic (exact) mass is 354 g/mol. The van der Waals surface area contributed by atoms with E-state index in [1.54, 1.807) is 13.0 Å². The number of benzene rings is 1. The molecule has 0 bridgehead atoms. The van der Waals surface area contributed by atoms with Gasteiger partial charge >= 0.3 is 0 Å². The molecule has 1 fully saturated rings. The predicted molar refractivity (Wildman–Crippen MR) is 90.1 cm³/mol. The van der Waals surface area contributed by atoms with Crippen LogP contribution in [0.3, 0.4) is 0 Å². The van der Waals surface area contributed by atoms with Gasteiger partial charge in [0.15, 0.2) is 17.3 Å². The van der Waals surface area contributed by atoms with Crippen LogP contribution in [0.15, 0.2) is 45.4 Å². The molecule has 2 N–H and O–H groups in total. The molecule has 0 aliphatic heterocycles. The first-order chi connectivity index (χ1) is 12.6. The van der Waals surface area contributed by atoms with E-state index in [9.17, 15) is 9.90 Å². The molecule has 2 heterocycles. The van der Waals surface area contributed by atoms with Crippen LogP contribution in [-0.2, 0) is 0 Å². The molecule has 8 heteroatoms. The predicted octanol–water partition coefficient (Wildman–Crippen LogP) is 2.45. The van der Waals surface area contributed by atoms with Gasteiger partial charge in [-0.25, -0.2) is 0 Å². The first kappa shape index (κ1) is 16.5. The number of hydrogen-bond acceptors (Lipinski definition) is 7. The van der Waals surface area contributed by atoms with Gasteiger partial charge in [-0.2, -0.15) is 4.98 Å². The summed E-state index contributed by atoms with van der Waals surface area (Å²) in [4.78, 5) is 16.5. The molecule has 3 aromatic rings. The van der Waals surface area contributed by atoms with Crippen LogP contribution >= 0.6 is 0 Å². The van der Waals surface area contributed by atoms with Gasteiger partial charge in [0.25, 0.3) is 11.8 Å². The summed E-state index contributed by atoms with van der Waals surface area (Å²) in [5, 5.41) is 20.1. The quantitative estimate of drug-likeness (QED) is 0.723. The van der Waals surface area contributed by atoms with Gasteiger partial charge in [0.05, 0.1) is 0 Å². The fourth-order valence-electron chi connectivity index (χ4n) is 2.91. The van der Waals surface area contributed by atoms with Gasteiger partial charge in [0, 0.05) is 23.6 Å². The number of nitrogens with zero attached hydrogens (tertiary/aromatic N) is 3. The molecule has 26 heavy (non-hydrogen) atoms. The van der Waals surface area contributed by atoms with Crippen molar-refractivity contribution in [3.63, 3.8) is 0 Å². The largest absolute Gasteiger partial charge is 0.384 e. The molecule has 1 atom stereocenters. The van der Waals surface area contributed by atoms with Crippen molar-refractivity contribution in [2.45, 2.75) is 37.8 Å². The highest BCUT2D eigenvalue weighted by atomic mass is 16.5. The Morgan fingerprint density at radius 1 is 1.23 bits per heavy atom. The van der Waals surface area contributed by atoms with E-state index >= 15 is 0 Å². The number of aliphatic hydroxyl groups is 1. The molecule has 1 saturated carbocycles. The first-order valence-corrected chi connectivity index (χ1v) is 8.44. The summed E-state index contributed by atoms with van der Waals surface area (Å²) in [6, 6.07) is 11.2. The Morgan fingerprint density at radius 3 is 2.69 bits per heavy atom. The molecule has 2 aromatic heterocycles. The van der Waals surface area contributed by atoms with Gasteiger partial charge in [-0.05, 0) is 19.8 Å². The smallest absolute Gasteiger partial charge is 0.273 e. The minimum atomic E-state index is -0.780. The van der Waals surface area contributed by atoms with Crippen LogP contribution in [0.4, 0.5) is 0 Å². The van der Waals surface area contributed by atoms with E-state index < -0.39 is 6.10 Å². The molecule has 0 saturated heterocycles. The van der Waals surface area contributed by atoms with Crippen molar-refractivity contribution in [3.05, 3.63) is 53.8 Å². The summed E-state index contributed by atoms with van der Waals surface area (Å²) < 4.78 is 10.2. The van der Waals surface area contributed by atoms with Crippen LogP contribution in [0.2, 0.25) is 0 Å². The Kier molecular flexibility index (Phi) is 4.26. The Hall–Kier alpha value is -3.00. The number of amides is 1. The van der Waals surface area contributed by atoms with E-state index in [0.717, 1.165) is 5.56 Å². The number of carbonyl (C=O) groups is 1. The van der Waals surface area contributed by atoms with Crippen LogP contribution in [-0.4, -0.2) is 32.4 Å².